The molecule has 0 unspecified atom stereocenters. The van der Waals surface area contributed by atoms with E-state index >= 15 is 0 Å². The van der Waals surface area contributed by atoms with E-state index in [-0.39, 0.29) is 17.6 Å². The van der Waals surface area contributed by atoms with E-state index in [0.717, 1.165) is 21.9 Å². The molecule has 1 fully saturated rings. The number of nitrogens with zero attached hydrogens (tertiary/aromatic N) is 2. The number of ether oxygens (including phenoxy) is 2. The molecule has 1 saturated heterocycles. The highest BCUT2D eigenvalue weighted by molar-refractivity contribution is 6.11. The molecule has 0 aliphatic carbocycles. The minimum absolute atomic E-state index is 0.00261. The Morgan fingerprint density at radius 1 is 1.03 bits per heavy atom. The maximum atomic E-state index is 13.5. The highest BCUT2D eigenvalue weighted by Gasteiger charge is 2.31. The van der Waals surface area contributed by atoms with Crippen molar-refractivity contribution in [1.82, 2.24) is 14.9 Å². The number of H-pyrrole nitrogens is 2. The standard InChI is InChI=1S/C26H27N5O5/c27-4-8-36-16-1-2-19-15(11-16)12-20(28-19)26(34)31-5-3-17-18-13-21(25(33)30-6-9-35-10-7-30)29-24(18)23(32)14-22(17)31/h1-2,11-14,28-29,32H,3-10,27H2. The minimum atomic E-state index is -0.187. The van der Waals surface area contributed by atoms with Crippen molar-refractivity contribution in [1.29, 1.82) is 0 Å². The number of carbonyl (C=O) groups is 2. The van der Waals surface area contributed by atoms with Crippen LogP contribution < -0.4 is 15.4 Å². The van der Waals surface area contributed by atoms with Crippen LogP contribution in [0.3, 0.4) is 0 Å². The van der Waals surface area contributed by atoms with E-state index in [4.69, 9.17) is 15.2 Å². The number of aromatic hydroxyl groups is 1. The summed E-state index contributed by atoms with van der Waals surface area (Å²) in [5.74, 6) is 0.386. The molecule has 0 bridgehead atoms. The van der Waals surface area contributed by atoms with Gasteiger partial charge in [-0.05, 0) is 42.3 Å². The van der Waals surface area contributed by atoms with Crippen LogP contribution in [0.5, 0.6) is 11.5 Å². The summed E-state index contributed by atoms with van der Waals surface area (Å²) in [6.07, 6.45) is 0.623. The van der Waals surface area contributed by atoms with Crippen molar-refractivity contribution in [3.63, 3.8) is 0 Å². The Labute approximate surface area is 206 Å². The number of carbonyl (C=O) groups excluding carboxylic acids is 2. The highest BCUT2D eigenvalue weighted by Crippen LogP contribution is 2.40. The fourth-order valence-electron chi connectivity index (χ4n) is 5.07. The molecule has 0 radical (unpaired) electrons. The molecule has 10 heteroatoms. The summed E-state index contributed by atoms with van der Waals surface area (Å²) < 4.78 is 10.9. The predicted molar refractivity (Wildman–Crippen MR) is 135 cm³/mol. The van der Waals surface area contributed by atoms with Gasteiger partial charge < -0.3 is 40.1 Å². The molecular weight excluding hydrogens is 462 g/mol. The summed E-state index contributed by atoms with van der Waals surface area (Å²) in [5.41, 5.74) is 9.30. The van der Waals surface area contributed by atoms with Gasteiger partial charge in [0, 0.05) is 48.5 Å². The number of aromatic amines is 2. The lowest BCUT2D eigenvalue weighted by Gasteiger charge is -2.26. The van der Waals surface area contributed by atoms with Crippen molar-refractivity contribution in [2.45, 2.75) is 6.42 Å². The number of nitrogens with two attached hydrogens (primary N) is 1. The number of phenols is 1. The summed E-state index contributed by atoms with van der Waals surface area (Å²) in [7, 11) is 0. The lowest BCUT2D eigenvalue weighted by atomic mass is 10.1. The molecule has 2 aromatic carbocycles. The Bertz CT molecular complexity index is 1480. The van der Waals surface area contributed by atoms with Gasteiger partial charge in [-0.25, -0.2) is 0 Å². The van der Waals surface area contributed by atoms with E-state index in [0.29, 0.717) is 80.8 Å². The molecule has 186 valence electrons. The minimum Gasteiger partial charge on any atom is -0.506 e. The first kappa shape index (κ1) is 22.4. The Balaban J connectivity index is 1.31. The summed E-state index contributed by atoms with van der Waals surface area (Å²) in [6, 6.07) is 10.8. The maximum Gasteiger partial charge on any atom is 0.274 e. The fraction of sp³-hybridized carbons (Fsp3) is 0.308. The van der Waals surface area contributed by atoms with Gasteiger partial charge in [-0.1, -0.05) is 0 Å². The predicted octanol–water partition coefficient (Wildman–Crippen LogP) is 2.37. The van der Waals surface area contributed by atoms with Crippen molar-refractivity contribution in [3.05, 3.63) is 53.3 Å². The van der Waals surface area contributed by atoms with E-state index < -0.39 is 0 Å². The van der Waals surface area contributed by atoms with Crippen LogP contribution in [0, 0.1) is 0 Å². The van der Waals surface area contributed by atoms with Crippen LogP contribution in [0.15, 0.2) is 36.4 Å². The lowest BCUT2D eigenvalue weighted by molar-refractivity contribution is 0.0299. The largest absolute Gasteiger partial charge is 0.506 e. The number of benzene rings is 2. The monoisotopic (exact) mass is 489 g/mol. The van der Waals surface area contributed by atoms with Crippen LogP contribution >= 0.6 is 0 Å². The molecule has 2 aliphatic heterocycles. The van der Waals surface area contributed by atoms with Gasteiger partial charge in [0.1, 0.15) is 29.5 Å². The topological polar surface area (TPSA) is 137 Å². The van der Waals surface area contributed by atoms with Gasteiger partial charge >= 0.3 is 0 Å². The molecule has 5 N–H and O–H groups in total. The molecular formula is C26H27N5O5. The number of hydrogen-bond acceptors (Lipinski definition) is 6. The number of hydrogen-bond donors (Lipinski definition) is 4. The number of morpholine rings is 1. The second-order valence-electron chi connectivity index (χ2n) is 9.05. The zero-order valence-corrected chi connectivity index (χ0v) is 19.7. The molecule has 2 amide bonds. The summed E-state index contributed by atoms with van der Waals surface area (Å²) in [6.45, 7) is 3.41. The Kier molecular flexibility index (Phi) is 5.54. The zero-order chi connectivity index (χ0) is 24.8. The second kappa shape index (κ2) is 8.89. The normalized spacial score (nSPS) is 15.6. The molecule has 6 rings (SSSR count). The van der Waals surface area contributed by atoms with E-state index in [1.807, 2.05) is 18.2 Å². The van der Waals surface area contributed by atoms with Crippen LogP contribution in [-0.2, 0) is 11.2 Å². The first-order valence-corrected chi connectivity index (χ1v) is 12.1. The van der Waals surface area contributed by atoms with Gasteiger partial charge in [0.25, 0.3) is 11.8 Å². The maximum absolute atomic E-state index is 13.5. The number of anilines is 1. The zero-order valence-electron chi connectivity index (χ0n) is 19.7. The van der Waals surface area contributed by atoms with Crippen LogP contribution in [0.4, 0.5) is 5.69 Å². The third-order valence-corrected chi connectivity index (χ3v) is 6.84. The van der Waals surface area contributed by atoms with Gasteiger partial charge in [0.15, 0.2) is 0 Å². The number of phenolic OH excluding ortho intramolecular Hbond substituents is 1. The Hall–Kier alpha value is -4.02. The molecule has 0 saturated carbocycles. The average Bonchev–Trinajstić information content (AvgIpc) is 3.63. The number of nitrogens with one attached hydrogen (secondary N) is 2. The van der Waals surface area contributed by atoms with Crippen LogP contribution in [-0.4, -0.2) is 77.8 Å². The van der Waals surface area contributed by atoms with Crippen LogP contribution in [0.2, 0.25) is 0 Å². The molecule has 4 heterocycles. The second-order valence-corrected chi connectivity index (χ2v) is 9.05. The van der Waals surface area contributed by atoms with Crippen molar-refractivity contribution in [2.75, 3.05) is 50.9 Å². The molecule has 2 aromatic heterocycles. The van der Waals surface area contributed by atoms with Gasteiger partial charge in [-0.15, -0.1) is 0 Å². The molecule has 0 atom stereocenters. The van der Waals surface area contributed by atoms with E-state index in [2.05, 4.69) is 9.97 Å². The van der Waals surface area contributed by atoms with Crippen LogP contribution in [0.25, 0.3) is 21.8 Å². The van der Waals surface area contributed by atoms with E-state index in [9.17, 15) is 14.7 Å². The smallest absolute Gasteiger partial charge is 0.274 e. The third kappa shape index (κ3) is 3.75. The van der Waals surface area contributed by atoms with Crippen molar-refractivity contribution in [3.8, 4) is 11.5 Å². The Morgan fingerprint density at radius 2 is 1.83 bits per heavy atom. The first-order valence-electron chi connectivity index (χ1n) is 12.1. The number of rotatable bonds is 5. The van der Waals surface area contributed by atoms with Gasteiger partial charge in [0.05, 0.1) is 24.4 Å². The van der Waals surface area contributed by atoms with Crippen LogP contribution in [0.1, 0.15) is 26.5 Å². The number of aromatic nitrogens is 2. The van der Waals surface area contributed by atoms with Crippen molar-refractivity contribution in [2.24, 2.45) is 5.73 Å². The lowest BCUT2D eigenvalue weighted by Crippen LogP contribution is -2.40. The summed E-state index contributed by atoms with van der Waals surface area (Å²) >= 11 is 0. The first-order chi connectivity index (χ1) is 17.5. The molecule has 4 aromatic rings. The Morgan fingerprint density at radius 3 is 2.64 bits per heavy atom. The highest BCUT2D eigenvalue weighted by atomic mass is 16.5. The van der Waals surface area contributed by atoms with Gasteiger partial charge in [-0.2, -0.15) is 0 Å². The molecule has 0 spiro atoms. The molecule has 10 nitrogen and oxygen atoms in total. The van der Waals surface area contributed by atoms with E-state index in [1.54, 1.807) is 28.0 Å². The quantitative estimate of drug-likeness (QED) is 0.340. The molecule has 36 heavy (non-hydrogen) atoms. The SMILES string of the molecule is NCCOc1ccc2[nH]c(C(=O)N3CCc4c3cc(O)c3[nH]c(C(=O)N5CCOCC5)cc43)cc2c1. The van der Waals surface area contributed by atoms with Crippen molar-refractivity contribution >= 4 is 39.3 Å². The fourth-order valence-corrected chi connectivity index (χ4v) is 5.07. The van der Waals surface area contributed by atoms with Gasteiger partial charge in [0.2, 0.25) is 0 Å². The molecule has 2 aliphatic rings. The summed E-state index contributed by atoms with van der Waals surface area (Å²) in [5, 5.41) is 12.4. The third-order valence-electron chi connectivity index (χ3n) is 6.84. The van der Waals surface area contributed by atoms with Crippen molar-refractivity contribution < 1.29 is 24.2 Å². The van der Waals surface area contributed by atoms with Gasteiger partial charge in [-0.3, -0.25) is 9.59 Å². The van der Waals surface area contributed by atoms with E-state index in [1.165, 1.54) is 0 Å². The number of amides is 2. The number of fused-ring (bicyclic) bond motifs is 4. The average molecular weight is 490 g/mol. The summed E-state index contributed by atoms with van der Waals surface area (Å²) in [4.78, 5) is 36.2.